The number of fused-ring (bicyclic) bond motifs is 1. The summed E-state index contributed by atoms with van der Waals surface area (Å²) in [6.45, 7) is 0.872. The minimum Gasteiger partial charge on any atom is -0.497 e. The second-order valence-corrected chi connectivity index (χ2v) is 10.8. The number of methoxy groups -OCH3 is 1. The molecule has 208 valence electrons. The number of aromatic nitrogens is 1. The molecule has 1 amide bonds. The average Bonchev–Trinajstić information content (AvgIpc) is 3.50. The summed E-state index contributed by atoms with van der Waals surface area (Å²) >= 11 is 1.36. The molecule has 6 rings (SSSR count). The highest BCUT2D eigenvalue weighted by molar-refractivity contribution is 8.18. The van der Waals surface area contributed by atoms with Gasteiger partial charge in [0.1, 0.15) is 5.75 Å². The van der Waals surface area contributed by atoms with Gasteiger partial charge in [0.2, 0.25) is 0 Å². The van der Waals surface area contributed by atoms with Crippen molar-refractivity contribution in [3.05, 3.63) is 136 Å². The predicted molar refractivity (Wildman–Crippen MR) is 167 cm³/mol. The van der Waals surface area contributed by atoms with Gasteiger partial charge < -0.3 is 14.4 Å². The van der Waals surface area contributed by atoms with Crippen molar-refractivity contribution >= 4 is 51.5 Å². The fourth-order valence-electron chi connectivity index (χ4n) is 4.92. The maximum absolute atomic E-state index is 13.8. The number of carboxylic acids is 1. The number of aromatic carboxylic acids is 1. The second kappa shape index (κ2) is 11.8. The molecule has 0 radical (unpaired) electrons. The molecule has 1 fully saturated rings. The molecule has 0 unspecified atom stereocenters. The van der Waals surface area contributed by atoms with Crippen molar-refractivity contribution < 1.29 is 19.4 Å². The minimum atomic E-state index is -0.955. The Labute approximate surface area is 247 Å². The summed E-state index contributed by atoms with van der Waals surface area (Å²) in [5.74, 6) is -0.314. The SMILES string of the molecule is COc1ccc(CN2C(=O)/C(=C/c3cn(Cc4cccc(C(=O)O)c4)c4ccccc34)SC2=Nc2ccccc2)cc1. The summed E-state index contributed by atoms with van der Waals surface area (Å²) in [6, 6.07) is 32.2. The van der Waals surface area contributed by atoms with Crippen LogP contribution in [0.2, 0.25) is 0 Å². The molecule has 7 nitrogen and oxygen atoms in total. The first-order chi connectivity index (χ1) is 20.5. The third-order valence-electron chi connectivity index (χ3n) is 7.00. The number of rotatable bonds is 8. The van der Waals surface area contributed by atoms with Gasteiger partial charge in [-0.15, -0.1) is 0 Å². The molecule has 0 aliphatic carbocycles. The number of aliphatic imine (C=N–C) groups is 1. The Morgan fingerprint density at radius 1 is 0.905 bits per heavy atom. The van der Waals surface area contributed by atoms with Crippen LogP contribution in [0, 0.1) is 0 Å². The van der Waals surface area contributed by atoms with E-state index in [9.17, 15) is 14.7 Å². The van der Waals surface area contributed by atoms with Crippen LogP contribution >= 0.6 is 11.8 Å². The van der Waals surface area contributed by atoms with E-state index in [-0.39, 0.29) is 11.5 Å². The number of thioether (sulfide) groups is 1. The lowest BCUT2D eigenvalue weighted by Crippen LogP contribution is -2.28. The predicted octanol–water partition coefficient (Wildman–Crippen LogP) is 7.20. The molecule has 0 bridgehead atoms. The summed E-state index contributed by atoms with van der Waals surface area (Å²) in [5.41, 5.74) is 4.77. The second-order valence-electron chi connectivity index (χ2n) is 9.81. The van der Waals surface area contributed by atoms with Crippen LogP contribution in [0.15, 0.2) is 119 Å². The van der Waals surface area contributed by atoms with Gasteiger partial charge in [0.05, 0.1) is 29.8 Å². The maximum Gasteiger partial charge on any atom is 0.335 e. The molecular formula is C34H27N3O4S. The number of carbonyl (C=O) groups is 2. The molecule has 0 spiro atoms. The Bertz CT molecular complexity index is 1840. The molecule has 2 heterocycles. The Morgan fingerprint density at radius 3 is 2.43 bits per heavy atom. The van der Waals surface area contributed by atoms with Crippen molar-refractivity contribution in [3.63, 3.8) is 0 Å². The zero-order valence-electron chi connectivity index (χ0n) is 22.8. The van der Waals surface area contributed by atoms with E-state index in [1.54, 1.807) is 30.2 Å². The van der Waals surface area contributed by atoms with Crippen LogP contribution in [0.3, 0.4) is 0 Å². The molecule has 1 N–H and O–H groups in total. The standard InChI is InChI=1S/C34H27N3O4S/c1-41-28-16-14-23(15-17-28)21-37-32(38)31(42-34(37)35-27-10-3-2-4-11-27)19-26-22-36(30-13-6-5-12-29(26)30)20-24-8-7-9-25(18-24)33(39)40/h2-19,22H,20-21H2,1H3,(H,39,40)/b31-19-,35-34?. The zero-order valence-corrected chi connectivity index (χ0v) is 23.6. The first kappa shape index (κ1) is 27.1. The lowest BCUT2D eigenvalue weighted by Gasteiger charge is -2.16. The van der Waals surface area contributed by atoms with Gasteiger partial charge in [-0.2, -0.15) is 0 Å². The number of amides is 1. The number of ether oxygens (including phenoxy) is 1. The smallest absolute Gasteiger partial charge is 0.335 e. The van der Waals surface area contributed by atoms with Crippen LogP contribution in [0.4, 0.5) is 5.69 Å². The van der Waals surface area contributed by atoms with E-state index >= 15 is 0 Å². The van der Waals surface area contributed by atoms with Crippen LogP contribution in [-0.4, -0.2) is 38.7 Å². The van der Waals surface area contributed by atoms with Gasteiger partial charge in [0.15, 0.2) is 5.17 Å². The van der Waals surface area contributed by atoms with Gasteiger partial charge in [-0.3, -0.25) is 9.69 Å². The number of carbonyl (C=O) groups excluding carboxylic acids is 1. The summed E-state index contributed by atoms with van der Waals surface area (Å²) in [7, 11) is 1.63. The summed E-state index contributed by atoms with van der Waals surface area (Å²) < 4.78 is 7.37. The summed E-state index contributed by atoms with van der Waals surface area (Å²) in [6.07, 6.45) is 3.94. The van der Waals surface area contributed by atoms with Crippen molar-refractivity contribution in [2.24, 2.45) is 4.99 Å². The molecule has 1 aliphatic rings. The number of hydrogen-bond donors (Lipinski definition) is 1. The molecule has 1 saturated heterocycles. The lowest BCUT2D eigenvalue weighted by atomic mass is 10.1. The fourth-order valence-corrected chi connectivity index (χ4v) is 5.91. The number of nitrogens with zero attached hydrogens (tertiary/aromatic N) is 3. The fraction of sp³-hybridized carbons (Fsp3) is 0.0882. The first-order valence-electron chi connectivity index (χ1n) is 13.4. The molecule has 1 aromatic heterocycles. The molecule has 1 aliphatic heterocycles. The van der Waals surface area contributed by atoms with E-state index in [1.807, 2.05) is 97.2 Å². The van der Waals surface area contributed by atoms with Crippen molar-refractivity contribution in [2.75, 3.05) is 7.11 Å². The van der Waals surface area contributed by atoms with Crippen LogP contribution in [0.5, 0.6) is 5.75 Å². The molecule has 5 aromatic rings. The van der Waals surface area contributed by atoms with Gasteiger partial charge in [0, 0.05) is 29.2 Å². The summed E-state index contributed by atoms with van der Waals surface area (Å²) in [5, 5.41) is 11.0. The number of amidine groups is 1. The Kier molecular flexibility index (Phi) is 7.62. The van der Waals surface area contributed by atoms with Gasteiger partial charge in [0.25, 0.3) is 5.91 Å². The topological polar surface area (TPSA) is 84.1 Å². The monoisotopic (exact) mass is 573 g/mol. The quantitative estimate of drug-likeness (QED) is 0.199. The van der Waals surface area contributed by atoms with E-state index in [0.717, 1.165) is 39.0 Å². The van der Waals surface area contributed by atoms with E-state index in [4.69, 9.17) is 9.73 Å². The molecule has 0 saturated carbocycles. The van der Waals surface area contributed by atoms with Crippen molar-refractivity contribution in [2.45, 2.75) is 13.1 Å². The highest BCUT2D eigenvalue weighted by atomic mass is 32.2. The zero-order chi connectivity index (χ0) is 29.1. The lowest BCUT2D eigenvalue weighted by molar-refractivity contribution is -0.122. The molecule has 8 heteroatoms. The van der Waals surface area contributed by atoms with Crippen LogP contribution in [0.25, 0.3) is 17.0 Å². The number of carboxylic acid groups (broad SMARTS) is 1. The highest BCUT2D eigenvalue weighted by Crippen LogP contribution is 2.37. The highest BCUT2D eigenvalue weighted by Gasteiger charge is 2.33. The molecular weight excluding hydrogens is 546 g/mol. The van der Waals surface area contributed by atoms with E-state index in [2.05, 4.69) is 4.57 Å². The van der Waals surface area contributed by atoms with Crippen LogP contribution in [0.1, 0.15) is 27.0 Å². The van der Waals surface area contributed by atoms with Gasteiger partial charge in [-0.05, 0) is 71.4 Å². The third kappa shape index (κ3) is 5.70. The van der Waals surface area contributed by atoms with Crippen LogP contribution < -0.4 is 4.74 Å². The molecule has 4 aromatic carbocycles. The number of benzene rings is 4. The normalized spacial score (nSPS) is 15.2. The molecule has 0 atom stereocenters. The third-order valence-corrected chi connectivity index (χ3v) is 8.01. The summed E-state index contributed by atoms with van der Waals surface area (Å²) in [4.78, 5) is 32.4. The van der Waals surface area contributed by atoms with Gasteiger partial charge in [-0.25, -0.2) is 9.79 Å². The van der Waals surface area contributed by atoms with E-state index < -0.39 is 5.97 Å². The van der Waals surface area contributed by atoms with E-state index in [0.29, 0.717) is 23.2 Å². The Morgan fingerprint density at radius 2 is 1.67 bits per heavy atom. The first-order valence-corrected chi connectivity index (χ1v) is 14.2. The van der Waals surface area contributed by atoms with Crippen molar-refractivity contribution in [1.29, 1.82) is 0 Å². The van der Waals surface area contributed by atoms with Gasteiger partial charge in [-0.1, -0.05) is 60.7 Å². The Hall–Kier alpha value is -5.08. The van der Waals surface area contributed by atoms with Crippen molar-refractivity contribution in [3.8, 4) is 5.75 Å². The van der Waals surface area contributed by atoms with Gasteiger partial charge >= 0.3 is 5.97 Å². The minimum absolute atomic E-state index is 0.114. The number of para-hydroxylation sites is 2. The Balaban J connectivity index is 1.36. The largest absolute Gasteiger partial charge is 0.497 e. The molecule has 42 heavy (non-hydrogen) atoms. The number of hydrogen-bond acceptors (Lipinski definition) is 5. The maximum atomic E-state index is 13.8. The average molecular weight is 574 g/mol. The van der Waals surface area contributed by atoms with Crippen molar-refractivity contribution in [1.82, 2.24) is 9.47 Å². The van der Waals surface area contributed by atoms with Crippen LogP contribution in [-0.2, 0) is 17.9 Å². The van der Waals surface area contributed by atoms with E-state index in [1.165, 1.54) is 11.8 Å².